The molecule has 0 aromatic carbocycles. The Morgan fingerprint density at radius 2 is 2.19 bits per heavy atom. The SMILES string of the molecule is CC=CC=C(C)C(=N)n1cc(C)c(CO)c1. The smallest absolute Gasteiger partial charge is 0.131 e. The summed E-state index contributed by atoms with van der Waals surface area (Å²) in [5.74, 6) is 0.431. The van der Waals surface area contributed by atoms with E-state index >= 15 is 0 Å². The number of nitrogens with zero attached hydrogens (tertiary/aromatic N) is 1. The number of hydrogen-bond donors (Lipinski definition) is 2. The second-order valence-electron chi connectivity index (χ2n) is 3.76. The van der Waals surface area contributed by atoms with Crippen molar-refractivity contribution in [3.05, 3.63) is 47.3 Å². The van der Waals surface area contributed by atoms with Crippen LogP contribution in [0.1, 0.15) is 25.0 Å². The molecule has 3 nitrogen and oxygen atoms in total. The number of allylic oxidation sites excluding steroid dienone is 4. The number of aliphatic hydroxyl groups excluding tert-OH is 1. The number of aromatic nitrogens is 1. The van der Waals surface area contributed by atoms with Crippen molar-refractivity contribution < 1.29 is 5.11 Å². The maximum absolute atomic E-state index is 9.08. The standard InChI is InChI=1S/C13H18N2O/c1-4-5-6-10(2)13(14)15-7-11(3)12(8-15)9-16/h4-8,14,16H,9H2,1-3H3. The zero-order chi connectivity index (χ0) is 12.1. The summed E-state index contributed by atoms with van der Waals surface area (Å²) in [5, 5.41) is 17.1. The van der Waals surface area contributed by atoms with Gasteiger partial charge in [-0.2, -0.15) is 0 Å². The first-order valence-corrected chi connectivity index (χ1v) is 5.27. The van der Waals surface area contributed by atoms with E-state index in [4.69, 9.17) is 10.5 Å². The van der Waals surface area contributed by atoms with Gasteiger partial charge in [-0.15, -0.1) is 0 Å². The molecule has 0 fully saturated rings. The minimum Gasteiger partial charge on any atom is -0.392 e. The molecule has 0 saturated heterocycles. The van der Waals surface area contributed by atoms with Crippen molar-refractivity contribution >= 4 is 5.84 Å². The fraction of sp³-hybridized carbons (Fsp3) is 0.308. The van der Waals surface area contributed by atoms with Crippen LogP contribution in [-0.4, -0.2) is 15.5 Å². The van der Waals surface area contributed by atoms with E-state index in [2.05, 4.69) is 0 Å². The molecule has 0 atom stereocenters. The van der Waals surface area contributed by atoms with Gasteiger partial charge in [-0.1, -0.05) is 18.2 Å². The molecule has 0 amide bonds. The summed E-state index contributed by atoms with van der Waals surface area (Å²) >= 11 is 0. The van der Waals surface area contributed by atoms with E-state index in [0.29, 0.717) is 5.84 Å². The molecule has 1 aromatic heterocycles. The van der Waals surface area contributed by atoms with E-state index < -0.39 is 0 Å². The molecule has 86 valence electrons. The number of aryl methyl sites for hydroxylation is 1. The zero-order valence-corrected chi connectivity index (χ0v) is 9.99. The van der Waals surface area contributed by atoms with Gasteiger partial charge in [0.15, 0.2) is 0 Å². The lowest BCUT2D eigenvalue weighted by Crippen LogP contribution is -2.09. The summed E-state index contributed by atoms with van der Waals surface area (Å²) in [6, 6.07) is 0. The molecule has 0 aliphatic heterocycles. The Morgan fingerprint density at radius 3 is 2.69 bits per heavy atom. The lowest BCUT2D eigenvalue weighted by molar-refractivity contribution is 0.281. The summed E-state index contributed by atoms with van der Waals surface area (Å²) in [5.41, 5.74) is 2.76. The van der Waals surface area contributed by atoms with Crippen LogP contribution in [0.15, 0.2) is 36.2 Å². The molecule has 0 aliphatic carbocycles. The van der Waals surface area contributed by atoms with Crippen LogP contribution in [0.5, 0.6) is 0 Å². The van der Waals surface area contributed by atoms with Crippen LogP contribution in [0, 0.1) is 12.3 Å². The zero-order valence-electron chi connectivity index (χ0n) is 9.99. The Labute approximate surface area is 96.2 Å². The topological polar surface area (TPSA) is 49.0 Å². The molecule has 0 bridgehead atoms. The summed E-state index contributed by atoms with van der Waals surface area (Å²) in [4.78, 5) is 0. The van der Waals surface area contributed by atoms with Gasteiger partial charge in [0, 0.05) is 12.4 Å². The molecule has 1 rings (SSSR count). The third-order valence-corrected chi connectivity index (χ3v) is 2.47. The van der Waals surface area contributed by atoms with Crippen LogP contribution < -0.4 is 0 Å². The average Bonchev–Trinajstić information content (AvgIpc) is 2.66. The molecule has 0 aliphatic rings. The summed E-state index contributed by atoms with van der Waals surface area (Å²) in [6.07, 6.45) is 9.39. The van der Waals surface area contributed by atoms with Gasteiger partial charge in [0.2, 0.25) is 0 Å². The van der Waals surface area contributed by atoms with Crippen molar-refractivity contribution in [2.24, 2.45) is 0 Å². The van der Waals surface area contributed by atoms with Gasteiger partial charge in [-0.25, -0.2) is 0 Å². The molecular weight excluding hydrogens is 200 g/mol. The Balaban J connectivity index is 2.96. The normalized spacial score (nSPS) is 12.4. The predicted molar refractivity (Wildman–Crippen MR) is 66.8 cm³/mol. The number of hydrogen-bond acceptors (Lipinski definition) is 2. The Bertz CT molecular complexity index is 439. The van der Waals surface area contributed by atoms with Crippen molar-refractivity contribution in [2.45, 2.75) is 27.4 Å². The minimum absolute atomic E-state index is 0.0176. The van der Waals surface area contributed by atoms with Gasteiger partial charge < -0.3 is 9.67 Å². The molecule has 1 heterocycles. The van der Waals surface area contributed by atoms with Crippen LogP contribution in [0.3, 0.4) is 0 Å². The lowest BCUT2D eigenvalue weighted by atomic mass is 10.2. The van der Waals surface area contributed by atoms with Gasteiger partial charge in [-0.3, -0.25) is 5.41 Å². The first kappa shape index (κ1) is 12.5. The first-order chi connectivity index (χ1) is 7.60. The summed E-state index contributed by atoms with van der Waals surface area (Å²) < 4.78 is 1.73. The first-order valence-electron chi connectivity index (χ1n) is 5.27. The van der Waals surface area contributed by atoms with E-state index in [1.807, 2.05) is 45.2 Å². The van der Waals surface area contributed by atoms with Crippen LogP contribution in [-0.2, 0) is 6.61 Å². The minimum atomic E-state index is 0.0176. The van der Waals surface area contributed by atoms with Gasteiger partial charge in [0.1, 0.15) is 5.84 Å². The highest BCUT2D eigenvalue weighted by molar-refractivity contribution is 5.97. The van der Waals surface area contributed by atoms with Crippen LogP contribution in [0.2, 0.25) is 0 Å². The van der Waals surface area contributed by atoms with Gasteiger partial charge in [0.05, 0.1) is 6.61 Å². The van der Waals surface area contributed by atoms with Crippen LogP contribution >= 0.6 is 0 Å². The fourth-order valence-electron chi connectivity index (χ4n) is 1.42. The second kappa shape index (κ2) is 5.47. The maximum atomic E-state index is 9.08. The fourth-order valence-corrected chi connectivity index (χ4v) is 1.42. The summed E-state index contributed by atoms with van der Waals surface area (Å²) in [7, 11) is 0. The van der Waals surface area contributed by atoms with E-state index in [0.717, 1.165) is 16.7 Å². The molecule has 3 heteroatoms. The second-order valence-corrected chi connectivity index (χ2v) is 3.76. The molecule has 16 heavy (non-hydrogen) atoms. The van der Waals surface area contributed by atoms with E-state index in [-0.39, 0.29) is 6.61 Å². The maximum Gasteiger partial charge on any atom is 0.131 e. The van der Waals surface area contributed by atoms with Crippen molar-refractivity contribution in [2.75, 3.05) is 0 Å². The number of nitrogens with one attached hydrogen (secondary N) is 1. The molecule has 0 radical (unpaired) electrons. The van der Waals surface area contributed by atoms with Crippen molar-refractivity contribution in [3.8, 4) is 0 Å². The van der Waals surface area contributed by atoms with Gasteiger partial charge in [0.25, 0.3) is 0 Å². The quantitative estimate of drug-likeness (QED) is 0.457. The lowest BCUT2D eigenvalue weighted by Gasteiger charge is -2.04. The van der Waals surface area contributed by atoms with Gasteiger partial charge >= 0.3 is 0 Å². The highest BCUT2D eigenvalue weighted by atomic mass is 16.3. The monoisotopic (exact) mass is 218 g/mol. The Kier molecular flexibility index (Phi) is 4.26. The van der Waals surface area contributed by atoms with E-state index in [1.165, 1.54) is 0 Å². The van der Waals surface area contributed by atoms with E-state index in [9.17, 15) is 0 Å². The van der Waals surface area contributed by atoms with Crippen LogP contribution in [0.4, 0.5) is 0 Å². The Hall–Kier alpha value is -1.61. The van der Waals surface area contributed by atoms with E-state index in [1.54, 1.807) is 10.8 Å². The molecule has 1 aromatic rings. The highest BCUT2D eigenvalue weighted by Gasteiger charge is 2.06. The molecule has 0 saturated carbocycles. The van der Waals surface area contributed by atoms with Crippen LogP contribution in [0.25, 0.3) is 0 Å². The summed E-state index contributed by atoms with van der Waals surface area (Å²) in [6.45, 7) is 5.79. The Morgan fingerprint density at radius 1 is 1.50 bits per heavy atom. The molecular formula is C13H18N2O. The van der Waals surface area contributed by atoms with Gasteiger partial charge in [-0.05, 0) is 37.5 Å². The molecule has 0 spiro atoms. The highest BCUT2D eigenvalue weighted by Crippen LogP contribution is 2.11. The average molecular weight is 218 g/mol. The molecule has 0 unspecified atom stereocenters. The van der Waals surface area contributed by atoms with Crippen molar-refractivity contribution in [1.82, 2.24) is 4.57 Å². The third kappa shape index (κ3) is 2.70. The van der Waals surface area contributed by atoms with Crippen molar-refractivity contribution in [1.29, 1.82) is 5.41 Å². The number of aliphatic hydroxyl groups is 1. The predicted octanol–water partition coefficient (Wildman–Crippen LogP) is 2.64. The molecule has 2 N–H and O–H groups in total. The van der Waals surface area contributed by atoms with Crippen molar-refractivity contribution in [3.63, 3.8) is 0 Å². The largest absolute Gasteiger partial charge is 0.392 e. The number of rotatable bonds is 3. The third-order valence-electron chi connectivity index (χ3n) is 2.47.